The van der Waals surface area contributed by atoms with Crippen LogP contribution in [0.4, 0.5) is 0 Å². The van der Waals surface area contributed by atoms with Crippen molar-refractivity contribution < 1.29 is 0 Å². The fourth-order valence-electron chi connectivity index (χ4n) is 2.15. The Balaban J connectivity index is 2.29. The van der Waals surface area contributed by atoms with Crippen LogP contribution in [0.2, 0.25) is 0 Å². The van der Waals surface area contributed by atoms with Gasteiger partial charge in [0.15, 0.2) is 0 Å². The molecule has 2 heterocycles. The molecule has 6 heteroatoms. The van der Waals surface area contributed by atoms with Gasteiger partial charge in [-0.3, -0.25) is 4.68 Å². The molecule has 1 atom stereocenters. The van der Waals surface area contributed by atoms with Crippen LogP contribution >= 0.6 is 0 Å². The van der Waals surface area contributed by atoms with Gasteiger partial charge >= 0.3 is 0 Å². The van der Waals surface area contributed by atoms with E-state index < -0.39 is 0 Å². The summed E-state index contributed by atoms with van der Waals surface area (Å²) in [7, 11) is 1.91. The summed E-state index contributed by atoms with van der Waals surface area (Å²) in [5.74, 6) is 0.958. The molecule has 0 saturated carbocycles. The summed E-state index contributed by atoms with van der Waals surface area (Å²) in [6.45, 7) is 6.94. The fourth-order valence-corrected chi connectivity index (χ4v) is 2.15. The monoisotopic (exact) mass is 260 g/mol. The first-order valence-corrected chi connectivity index (χ1v) is 6.49. The minimum atomic E-state index is 0.183. The average Bonchev–Trinajstić information content (AvgIpc) is 2.78. The van der Waals surface area contributed by atoms with Crippen molar-refractivity contribution in [2.75, 3.05) is 6.54 Å². The summed E-state index contributed by atoms with van der Waals surface area (Å²) in [4.78, 5) is 4.29. The molecule has 2 rings (SSSR count). The van der Waals surface area contributed by atoms with Crippen molar-refractivity contribution in [1.29, 1.82) is 0 Å². The molecule has 1 N–H and O–H groups in total. The predicted molar refractivity (Wildman–Crippen MR) is 72.6 cm³/mol. The van der Waals surface area contributed by atoms with Gasteiger partial charge in [0.1, 0.15) is 12.2 Å². The summed E-state index contributed by atoms with van der Waals surface area (Å²) in [5, 5.41) is 15.9. The van der Waals surface area contributed by atoms with E-state index in [1.165, 1.54) is 5.56 Å². The molecule has 6 nitrogen and oxygen atoms in total. The second-order valence-corrected chi connectivity index (χ2v) is 4.64. The highest BCUT2D eigenvalue weighted by Crippen LogP contribution is 2.19. The number of rotatable bonds is 5. The van der Waals surface area contributed by atoms with Crippen LogP contribution in [-0.4, -0.2) is 31.5 Å². The summed E-state index contributed by atoms with van der Waals surface area (Å²) < 4.78 is 1.81. The molecular weight excluding hydrogens is 240 g/mol. The normalized spacial score (nSPS) is 12.6. The molecular formula is C13H20N6. The molecule has 0 aliphatic carbocycles. The number of aryl methyl sites for hydroxylation is 3. The lowest BCUT2D eigenvalue weighted by molar-refractivity contribution is 0.516. The van der Waals surface area contributed by atoms with Gasteiger partial charge in [-0.25, -0.2) is 4.98 Å². The number of likely N-dealkylation sites (N-methyl/N-ethyl adjacent to an activating group) is 1. The quantitative estimate of drug-likeness (QED) is 0.872. The number of nitrogens with zero attached hydrogens (tertiary/aromatic N) is 5. The molecule has 0 amide bonds. The molecule has 0 radical (unpaired) electrons. The Bertz CT molecular complexity index is 548. The van der Waals surface area contributed by atoms with E-state index in [4.69, 9.17) is 0 Å². The van der Waals surface area contributed by atoms with E-state index in [1.807, 2.05) is 20.9 Å². The van der Waals surface area contributed by atoms with Gasteiger partial charge in [0.25, 0.3) is 0 Å². The third-order valence-corrected chi connectivity index (χ3v) is 3.16. The molecule has 0 aromatic carbocycles. The van der Waals surface area contributed by atoms with Crippen LogP contribution in [0, 0.1) is 13.8 Å². The zero-order valence-electron chi connectivity index (χ0n) is 11.9. The van der Waals surface area contributed by atoms with Gasteiger partial charge < -0.3 is 5.32 Å². The molecule has 2 aromatic rings. The first-order valence-electron chi connectivity index (χ1n) is 6.49. The molecule has 0 aliphatic rings. The Morgan fingerprint density at radius 1 is 1.32 bits per heavy atom. The van der Waals surface area contributed by atoms with E-state index in [1.54, 1.807) is 11.0 Å². The lowest BCUT2D eigenvalue weighted by Crippen LogP contribution is -2.25. The largest absolute Gasteiger partial charge is 0.310 e. The van der Waals surface area contributed by atoms with Crippen LogP contribution < -0.4 is 5.32 Å². The Morgan fingerprint density at radius 2 is 2.11 bits per heavy atom. The average molecular weight is 260 g/mol. The highest BCUT2D eigenvalue weighted by atomic mass is 15.3. The van der Waals surface area contributed by atoms with Crippen LogP contribution in [0.25, 0.3) is 0 Å². The van der Waals surface area contributed by atoms with Gasteiger partial charge in [-0.1, -0.05) is 6.92 Å². The minimum absolute atomic E-state index is 0.183. The van der Waals surface area contributed by atoms with Crippen molar-refractivity contribution in [1.82, 2.24) is 30.3 Å². The molecule has 1 unspecified atom stereocenters. The van der Waals surface area contributed by atoms with Crippen LogP contribution in [0.5, 0.6) is 0 Å². The van der Waals surface area contributed by atoms with Gasteiger partial charge in [0, 0.05) is 19.5 Å². The van der Waals surface area contributed by atoms with Crippen molar-refractivity contribution in [3.05, 3.63) is 35.2 Å². The Kier molecular flexibility index (Phi) is 4.21. The third kappa shape index (κ3) is 3.14. The van der Waals surface area contributed by atoms with Crippen molar-refractivity contribution in [2.24, 2.45) is 7.05 Å². The first-order chi connectivity index (χ1) is 9.11. The molecule has 0 saturated heterocycles. The van der Waals surface area contributed by atoms with Crippen LogP contribution in [0.1, 0.15) is 35.7 Å². The molecule has 19 heavy (non-hydrogen) atoms. The van der Waals surface area contributed by atoms with E-state index in [0.717, 1.165) is 30.2 Å². The van der Waals surface area contributed by atoms with E-state index in [9.17, 15) is 0 Å². The van der Waals surface area contributed by atoms with Gasteiger partial charge in [0.2, 0.25) is 0 Å². The highest BCUT2D eigenvalue weighted by Gasteiger charge is 2.17. The smallest absolute Gasteiger partial charge is 0.138 e. The molecule has 2 aromatic heterocycles. The van der Waals surface area contributed by atoms with Gasteiger partial charge in [-0.05, 0) is 32.0 Å². The molecule has 0 spiro atoms. The van der Waals surface area contributed by atoms with Crippen LogP contribution in [0.15, 0.2) is 12.4 Å². The van der Waals surface area contributed by atoms with E-state index in [0.29, 0.717) is 0 Å². The van der Waals surface area contributed by atoms with E-state index in [2.05, 4.69) is 38.6 Å². The van der Waals surface area contributed by atoms with Crippen LogP contribution in [0.3, 0.4) is 0 Å². The summed E-state index contributed by atoms with van der Waals surface area (Å²) in [5.41, 5.74) is 3.07. The number of hydrogen-bond acceptors (Lipinski definition) is 5. The Morgan fingerprint density at radius 3 is 2.74 bits per heavy atom. The maximum Gasteiger partial charge on any atom is 0.138 e. The standard InChI is InChI=1S/C13H20N6/c1-5-14-12(7-13-15-8-16-19(13)4)11-6-9(2)17-18-10(11)3/h6,8,12,14H,5,7H2,1-4H3. The number of aromatic nitrogens is 5. The summed E-state index contributed by atoms with van der Waals surface area (Å²) in [6, 6.07) is 2.27. The summed E-state index contributed by atoms with van der Waals surface area (Å²) in [6.07, 6.45) is 2.37. The molecule has 0 aliphatic heterocycles. The Labute approximate surface area is 113 Å². The topological polar surface area (TPSA) is 68.5 Å². The maximum atomic E-state index is 4.29. The maximum absolute atomic E-state index is 4.29. The van der Waals surface area contributed by atoms with Gasteiger partial charge in [-0.2, -0.15) is 15.3 Å². The van der Waals surface area contributed by atoms with E-state index in [-0.39, 0.29) is 6.04 Å². The van der Waals surface area contributed by atoms with E-state index >= 15 is 0 Å². The second kappa shape index (κ2) is 5.88. The van der Waals surface area contributed by atoms with Crippen molar-refractivity contribution >= 4 is 0 Å². The molecule has 102 valence electrons. The Hall–Kier alpha value is -1.82. The lowest BCUT2D eigenvalue weighted by Gasteiger charge is -2.19. The molecule has 0 fully saturated rings. The minimum Gasteiger partial charge on any atom is -0.310 e. The lowest BCUT2D eigenvalue weighted by atomic mass is 10.0. The number of nitrogens with one attached hydrogen (secondary N) is 1. The second-order valence-electron chi connectivity index (χ2n) is 4.64. The van der Waals surface area contributed by atoms with Crippen molar-refractivity contribution in [2.45, 2.75) is 33.2 Å². The molecule has 0 bridgehead atoms. The highest BCUT2D eigenvalue weighted by molar-refractivity contribution is 5.24. The predicted octanol–water partition coefficient (Wildman–Crippen LogP) is 1.12. The van der Waals surface area contributed by atoms with Gasteiger partial charge in [0.05, 0.1) is 11.4 Å². The number of hydrogen-bond donors (Lipinski definition) is 1. The first kappa shape index (κ1) is 13.6. The zero-order valence-corrected chi connectivity index (χ0v) is 11.9. The van der Waals surface area contributed by atoms with Crippen LogP contribution in [-0.2, 0) is 13.5 Å². The zero-order chi connectivity index (χ0) is 13.8. The third-order valence-electron chi connectivity index (χ3n) is 3.16. The SMILES string of the molecule is CCNC(Cc1ncnn1C)c1cc(C)nnc1C. The van der Waals surface area contributed by atoms with Gasteiger partial charge in [-0.15, -0.1) is 0 Å². The van der Waals surface area contributed by atoms with Crippen molar-refractivity contribution in [3.63, 3.8) is 0 Å². The fraction of sp³-hybridized carbons (Fsp3) is 0.538. The van der Waals surface area contributed by atoms with Crippen molar-refractivity contribution in [3.8, 4) is 0 Å². The summed E-state index contributed by atoms with van der Waals surface area (Å²) >= 11 is 0.